The molecule has 0 bridgehead atoms. The molecule has 1 aromatic heterocycles. The van der Waals surface area contributed by atoms with Crippen LogP contribution in [0.15, 0.2) is 41.9 Å². The van der Waals surface area contributed by atoms with Crippen molar-refractivity contribution in [1.82, 2.24) is 19.3 Å². The summed E-state index contributed by atoms with van der Waals surface area (Å²) in [6.45, 7) is 1.30. The predicted molar refractivity (Wildman–Crippen MR) is 95.7 cm³/mol. The SMILES string of the molecule is O=C(O)c1cn(CC2CCCN(S(=O)(=O)C=Cc3ccccc3)C2)nn1. The van der Waals surface area contributed by atoms with E-state index in [0.717, 1.165) is 18.4 Å². The van der Waals surface area contributed by atoms with Crippen LogP contribution in [0.2, 0.25) is 0 Å². The number of carbonyl (C=O) groups is 1. The van der Waals surface area contributed by atoms with Crippen molar-refractivity contribution < 1.29 is 18.3 Å². The van der Waals surface area contributed by atoms with Gasteiger partial charge in [-0.3, -0.25) is 4.68 Å². The van der Waals surface area contributed by atoms with E-state index in [1.807, 2.05) is 30.3 Å². The van der Waals surface area contributed by atoms with E-state index in [2.05, 4.69) is 10.3 Å². The van der Waals surface area contributed by atoms with Gasteiger partial charge in [0.15, 0.2) is 5.69 Å². The van der Waals surface area contributed by atoms with Crippen LogP contribution in [0.25, 0.3) is 6.08 Å². The lowest BCUT2D eigenvalue weighted by molar-refractivity contribution is 0.0690. The summed E-state index contributed by atoms with van der Waals surface area (Å²) in [6.07, 6.45) is 4.57. The summed E-state index contributed by atoms with van der Waals surface area (Å²) < 4.78 is 28.1. The summed E-state index contributed by atoms with van der Waals surface area (Å²) in [7, 11) is -3.50. The molecule has 8 nitrogen and oxygen atoms in total. The molecule has 0 radical (unpaired) electrons. The Morgan fingerprint density at radius 2 is 2.08 bits per heavy atom. The second-order valence-corrected chi connectivity index (χ2v) is 8.07. The molecule has 1 N–H and O–H groups in total. The van der Waals surface area contributed by atoms with E-state index >= 15 is 0 Å². The Morgan fingerprint density at radius 1 is 1.31 bits per heavy atom. The molecule has 1 aromatic carbocycles. The molecule has 1 fully saturated rings. The lowest BCUT2D eigenvalue weighted by atomic mass is 10.00. The fourth-order valence-corrected chi connectivity index (χ4v) is 4.28. The average Bonchev–Trinajstić information content (AvgIpc) is 3.10. The molecular formula is C17H20N4O4S. The van der Waals surface area contributed by atoms with Crippen LogP contribution in [-0.4, -0.2) is 51.9 Å². The average molecular weight is 376 g/mol. The zero-order chi connectivity index (χ0) is 18.6. The van der Waals surface area contributed by atoms with Gasteiger partial charge < -0.3 is 5.11 Å². The number of hydrogen-bond acceptors (Lipinski definition) is 5. The Kier molecular flexibility index (Phi) is 5.48. The number of hydrogen-bond donors (Lipinski definition) is 1. The molecule has 3 rings (SSSR count). The zero-order valence-corrected chi connectivity index (χ0v) is 14.9. The normalized spacial score (nSPS) is 19.0. The third kappa shape index (κ3) is 4.55. The van der Waals surface area contributed by atoms with Gasteiger partial charge in [0.25, 0.3) is 0 Å². The second kappa shape index (κ2) is 7.79. The molecule has 1 aliphatic heterocycles. The minimum atomic E-state index is -3.50. The highest BCUT2D eigenvalue weighted by Gasteiger charge is 2.27. The molecule has 2 aromatic rings. The van der Waals surface area contributed by atoms with Gasteiger partial charge >= 0.3 is 5.97 Å². The Balaban J connectivity index is 1.65. The van der Waals surface area contributed by atoms with E-state index in [1.54, 1.807) is 6.08 Å². The van der Waals surface area contributed by atoms with Crippen LogP contribution in [0.3, 0.4) is 0 Å². The first-order valence-corrected chi connectivity index (χ1v) is 9.81. The molecule has 9 heteroatoms. The van der Waals surface area contributed by atoms with E-state index in [-0.39, 0.29) is 11.6 Å². The van der Waals surface area contributed by atoms with E-state index in [1.165, 1.54) is 20.6 Å². The molecular weight excluding hydrogens is 356 g/mol. The monoisotopic (exact) mass is 376 g/mol. The largest absolute Gasteiger partial charge is 0.476 e. The van der Waals surface area contributed by atoms with Crippen molar-refractivity contribution in [2.75, 3.05) is 13.1 Å². The van der Waals surface area contributed by atoms with E-state index < -0.39 is 16.0 Å². The first-order valence-electron chi connectivity index (χ1n) is 8.31. The molecule has 2 heterocycles. The van der Waals surface area contributed by atoms with Crippen LogP contribution in [0, 0.1) is 5.92 Å². The lowest BCUT2D eigenvalue weighted by Crippen LogP contribution is -2.40. The van der Waals surface area contributed by atoms with Gasteiger partial charge in [-0.1, -0.05) is 35.5 Å². The van der Waals surface area contributed by atoms with Crippen LogP contribution in [0.4, 0.5) is 0 Å². The molecule has 1 saturated heterocycles. The molecule has 0 aliphatic carbocycles. The fourth-order valence-electron chi connectivity index (χ4n) is 2.97. The molecule has 1 aliphatic rings. The van der Waals surface area contributed by atoms with Gasteiger partial charge in [0.1, 0.15) is 0 Å². The third-order valence-electron chi connectivity index (χ3n) is 4.28. The van der Waals surface area contributed by atoms with Crippen molar-refractivity contribution in [3.8, 4) is 0 Å². The highest BCUT2D eigenvalue weighted by molar-refractivity contribution is 7.92. The first-order chi connectivity index (χ1) is 12.4. The van der Waals surface area contributed by atoms with Crippen LogP contribution in [-0.2, 0) is 16.6 Å². The molecule has 0 amide bonds. The maximum absolute atomic E-state index is 12.6. The van der Waals surface area contributed by atoms with E-state index in [4.69, 9.17) is 5.11 Å². The Labute approximate surface area is 151 Å². The number of nitrogens with zero attached hydrogens (tertiary/aromatic N) is 4. The second-order valence-electron chi connectivity index (χ2n) is 6.26. The number of carboxylic acid groups (broad SMARTS) is 1. The summed E-state index contributed by atoms with van der Waals surface area (Å²) in [5.41, 5.74) is 0.713. The van der Waals surface area contributed by atoms with Gasteiger partial charge in [-0.2, -0.15) is 4.31 Å². The number of benzene rings is 1. The molecule has 1 atom stereocenters. The van der Waals surface area contributed by atoms with Gasteiger partial charge in [-0.05, 0) is 30.4 Å². The van der Waals surface area contributed by atoms with Gasteiger partial charge in [-0.15, -0.1) is 5.10 Å². The first kappa shape index (κ1) is 18.3. The van der Waals surface area contributed by atoms with Gasteiger partial charge in [0.05, 0.1) is 6.20 Å². The van der Waals surface area contributed by atoms with Crippen LogP contribution >= 0.6 is 0 Å². The predicted octanol–water partition coefficient (Wildman–Crippen LogP) is 1.69. The number of piperidine rings is 1. The van der Waals surface area contributed by atoms with E-state index in [9.17, 15) is 13.2 Å². The smallest absolute Gasteiger partial charge is 0.358 e. The van der Waals surface area contributed by atoms with Crippen LogP contribution in [0.5, 0.6) is 0 Å². The molecule has 0 saturated carbocycles. The molecule has 0 spiro atoms. The summed E-state index contributed by atoms with van der Waals surface area (Å²) in [5.74, 6) is -1.07. The van der Waals surface area contributed by atoms with Gasteiger partial charge in [-0.25, -0.2) is 13.2 Å². The number of aromatic nitrogens is 3. The third-order valence-corrected chi connectivity index (χ3v) is 5.81. The molecule has 138 valence electrons. The van der Waals surface area contributed by atoms with Crippen LogP contribution < -0.4 is 0 Å². The Hall–Kier alpha value is -2.52. The number of carboxylic acids is 1. The minimum absolute atomic E-state index is 0.0620. The van der Waals surface area contributed by atoms with E-state index in [0.29, 0.717) is 19.6 Å². The Bertz CT molecular complexity index is 892. The summed E-state index contributed by atoms with van der Waals surface area (Å²) >= 11 is 0. The summed E-state index contributed by atoms with van der Waals surface area (Å²) in [4.78, 5) is 10.9. The minimum Gasteiger partial charge on any atom is -0.476 e. The van der Waals surface area contributed by atoms with Gasteiger partial charge in [0, 0.05) is 25.0 Å². The van der Waals surface area contributed by atoms with Crippen molar-refractivity contribution in [2.45, 2.75) is 19.4 Å². The number of aromatic carboxylic acids is 1. The van der Waals surface area contributed by atoms with Crippen molar-refractivity contribution in [3.63, 3.8) is 0 Å². The maximum Gasteiger partial charge on any atom is 0.358 e. The highest BCUT2D eigenvalue weighted by atomic mass is 32.2. The number of rotatable bonds is 6. The quantitative estimate of drug-likeness (QED) is 0.822. The van der Waals surface area contributed by atoms with Crippen LogP contribution in [0.1, 0.15) is 28.9 Å². The zero-order valence-electron chi connectivity index (χ0n) is 14.1. The topological polar surface area (TPSA) is 105 Å². The summed E-state index contributed by atoms with van der Waals surface area (Å²) in [6, 6.07) is 9.27. The fraction of sp³-hybridized carbons (Fsp3) is 0.353. The van der Waals surface area contributed by atoms with Crippen molar-refractivity contribution in [3.05, 3.63) is 53.2 Å². The Morgan fingerprint density at radius 3 is 2.77 bits per heavy atom. The van der Waals surface area contributed by atoms with Gasteiger partial charge in [0.2, 0.25) is 10.0 Å². The standard InChI is InChI=1S/C17H20N4O4S/c22-17(23)16-13-20(19-18-16)11-15-7-4-9-21(12-15)26(24,25)10-8-14-5-2-1-3-6-14/h1-3,5-6,8,10,13,15H,4,7,9,11-12H2,(H,22,23). The van der Waals surface area contributed by atoms with Crippen molar-refractivity contribution in [2.24, 2.45) is 5.92 Å². The van der Waals surface area contributed by atoms with Crippen molar-refractivity contribution in [1.29, 1.82) is 0 Å². The summed E-state index contributed by atoms with van der Waals surface area (Å²) in [5, 5.41) is 17.5. The molecule has 1 unspecified atom stereocenters. The number of sulfonamides is 1. The van der Waals surface area contributed by atoms with Crippen molar-refractivity contribution >= 4 is 22.1 Å². The lowest BCUT2D eigenvalue weighted by Gasteiger charge is -2.30. The highest BCUT2D eigenvalue weighted by Crippen LogP contribution is 2.21. The maximum atomic E-state index is 12.6. The molecule has 26 heavy (non-hydrogen) atoms.